The fourth-order valence-corrected chi connectivity index (χ4v) is 1.23. The average molecular weight is 286 g/mol. The van der Waals surface area contributed by atoms with Crippen LogP contribution in [0, 0.1) is 29.1 Å². The first kappa shape index (κ1) is 9.75. The minimum absolute atomic E-state index is 0.143. The van der Waals surface area contributed by atoms with Gasteiger partial charge in [0.2, 0.25) is 0 Å². The maximum absolute atomic E-state index is 12.4. The van der Waals surface area contributed by atoms with Crippen LogP contribution in [0.1, 0.15) is 0 Å². The summed E-state index contributed by atoms with van der Waals surface area (Å²) in [6.07, 6.45) is 0. The van der Waals surface area contributed by atoms with E-state index < -0.39 is 32.7 Å². The molecule has 0 aliphatic heterocycles. The molecule has 0 saturated heterocycles. The van der Waals surface area contributed by atoms with E-state index >= 15 is 0 Å². The monoisotopic (exact) mass is 287 g/mol. The first-order valence-electron chi connectivity index (χ1n) is 2.69. The number of benzene rings is 1. The van der Waals surface area contributed by atoms with Crippen molar-refractivity contribution in [2.75, 3.05) is 0 Å². The Bertz CT molecular complexity index is 230. The second-order valence-corrected chi connectivity index (χ2v) is 3.37. The molecular weight excluding hydrogens is 286 g/mol. The normalized spacial score (nSPS) is 10.5. The molecule has 0 nitrogen and oxygen atoms in total. The molecule has 0 atom stereocenters. The van der Waals surface area contributed by atoms with Crippen LogP contribution < -0.4 is 3.58 Å². The summed E-state index contributed by atoms with van der Waals surface area (Å²) in [5.41, 5.74) is 0. The quantitative estimate of drug-likeness (QED) is 0.291. The van der Waals surface area contributed by atoms with Crippen molar-refractivity contribution in [2.45, 2.75) is 0 Å². The van der Waals surface area contributed by atoms with Gasteiger partial charge in [0, 0.05) is 0 Å². The van der Waals surface area contributed by atoms with Gasteiger partial charge in [0.05, 0.1) is 0 Å². The Morgan fingerprint density at radius 1 is 0.583 bits per heavy atom. The van der Waals surface area contributed by atoms with Gasteiger partial charge in [0.15, 0.2) is 0 Å². The molecule has 63 valence electrons. The molecular formula is C6F5Sn. The van der Waals surface area contributed by atoms with Crippen LogP contribution in [0.15, 0.2) is 0 Å². The van der Waals surface area contributed by atoms with Crippen molar-refractivity contribution in [3.05, 3.63) is 29.1 Å². The van der Waals surface area contributed by atoms with E-state index in [1.54, 1.807) is 0 Å². The van der Waals surface area contributed by atoms with Crippen molar-refractivity contribution in [3.63, 3.8) is 0 Å². The molecule has 3 radical (unpaired) electrons. The molecule has 6 heteroatoms. The molecule has 0 aliphatic rings. The number of hydrogen-bond donors (Lipinski definition) is 0. The molecule has 1 aromatic rings. The number of rotatable bonds is 0. The van der Waals surface area contributed by atoms with Crippen molar-refractivity contribution < 1.29 is 22.0 Å². The van der Waals surface area contributed by atoms with Crippen molar-refractivity contribution in [2.24, 2.45) is 0 Å². The summed E-state index contributed by atoms with van der Waals surface area (Å²) >= 11 is 0.143. The van der Waals surface area contributed by atoms with E-state index in [1.807, 2.05) is 0 Å². The molecule has 0 amide bonds. The van der Waals surface area contributed by atoms with Gasteiger partial charge in [-0.05, 0) is 0 Å². The van der Waals surface area contributed by atoms with Crippen LogP contribution in [-0.2, 0) is 0 Å². The van der Waals surface area contributed by atoms with Crippen LogP contribution in [0.4, 0.5) is 22.0 Å². The molecule has 0 spiro atoms. The fourth-order valence-electron chi connectivity index (χ4n) is 0.605. The zero-order valence-corrected chi connectivity index (χ0v) is 8.24. The Kier molecular flexibility index (Phi) is 2.60. The molecule has 0 aliphatic carbocycles. The summed E-state index contributed by atoms with van der Waals surface area (Å²) in [6.45, 7) is 0. The van der Waals surface area contributed by atoms with E-state index in [4.69, 9.17) is 0 Å². The molecule has 0 saturated carbocycles. The summed E-state index contributed by atoms with van der Waals surface area (Å²) < 4.78 is 60.9. The summed E-state index contributed by atoms with van der Waals surface area (Å²) in [5, 5.41) is 0. The molecule has 0 heterocycles. The third-order valence-corrected chi connectivity index (χ3v) is 2.46. The third-order valence-electron chi connectivity index (χ3n) is 1.21. The summed E-state index contributed by atoms with van der Waals surface area (Å²) in [7, 11) is 0. The van der Waals surface area contributed by atoms with Crippen LogP contribution in [0.25, 0.3) is 0 Å². The zero-order chi connectivity index (χ0) is 9.46. The van der Waals surface area contributed by atoms with Crippen molar-refractivity contribution in [1.29, 1.82) is 0 Å². The van der Waals surface area contributed by atoms with Crippen LogP contribution in [0.5, 0.6) is 0 Å². The van der Waals surface area contributed by atoms with Gasteiger partial charge in [-0.15, -0.1) is 0 Å². The predicted molar refractivity (Wildman–Crippen MR) is 31.6 cm³/mol. The molecule has 0 unspecified atom stereocenters. The average Bonchev–Trinajstić information content (AvgIpc) is 2.08. The van der Waals surface area contributed by atoms with E-state index in [0.717, 1.165) is 0 Å². The standard InChI is InChI=1S/C6F5.Sn/c7-2-1-3(8)5(10)6(11)4(2)9;. The van der Waals surface area contributed by atoms with Crippen LogP contribution in [0.2, 0.25) is 0 Å². The predicted octanol–water partition coefficient (Wildman–Crippen LogP) is 1.18. The first-order valence-corrected chi connectivity index (χ1v) is 4.12. The number of hydrogen-bond acceptors (Lipinski definition) is 0. The van der Waals surface area contributed by atoms with Gasteiger partial charge in [-0.3, -0.25) is 0 Å². The fraction of sp³-hybridized carbons (Fsp3) is 0. The topological polar surface area (TPSA) is 0 Å². The number of halogens is 5. The van der Waals surface area contributed by atoms with Gasteiger partial charge in [0.1, 0.15) is 0 Å². The maximum atomic E-state index is 12.4. The van der Waals surface area contributed by atoms with Crippen molar-refractivity contribution in [3.8, 4) is 0 Å². The Morgan fingerprint density at radius 3 is 1.17 bits per heavy atom. The van der Waals surface area contributed by atoms with Gasteiger partial charge in [0.25, 0.3) is 0 Å². The van der Waals surface area contributed by atoms with E-state index in [9.17, 15) is 22.0 Å². The second-order valence-electron chi connectivity index (χ2n) is 1.94. The van der Waals surface area contributed by atoms with Crippen molar-refractivity contribution in [1.82, 2.24) is 0 Å². The van der Waals surface area contributed by atoms with E-state index in [0.29, 0.717) is 0 Å². The SMILES string of the molecule is Fc1c(F)c(F)[c]([Sn])c(F)c1F. The molecule has 0 aromatic heterocycles. The molecule has 12 heavy (non-hydrogen) atoms. The van der Waals surface area contributed by atoms with Gasteiger partial charge in [-0.25, -0.2) is 0 Å². The molecule has 0 bridgehead atoms. The Balaban J connectivity index is 3.60. The molecule has 0 fully saturated rings. The summed E-state index contributed by atoms with van der Waals surface area (Å²) in [4.78, 5) is 0. The van der Waals surface area contributed by atoms with Crippen LogP contribution in [-0.4, -0.2) is 22.5 Å². The Morgan fingerprint density at radius 2 is 0.833 bits per heavy atom. The van der Waals surface area contributed by atoms with E-state index in [-0.39, 0.29) is 22.5 Å². The summed E-state index contributed by atoms with van der Waals surface area (Å²) in [5.74, 6) is -9.38. The zero-order valence-electron chi connectivity index (χ0n) is 5.39. The van der Waals surface area contributed by atoms with Gasteiger partial charge in [-0.2, -0.15) is 0 Å². The molecule has 1 rings (SSSR count). The van der Waals surface area contributed by atoms with Crippen LogP contribution >= 0.6 is 0 Å². The van der Waals surface area contributed by atoms with Crippen LogP contribution in [0.3, 0.4) is 0 Å². The second kappa shape index (κ2) is 3.19. The third kappa shape index (κ3) is 1.30. The molecule has 1 aromatic carbocycles. The summed E-state index contributed by atoms with van der Waals surface area (Å²) in [6, 6.07) is 0. The Hall–Kier alpha value is -0.331. The van der Waals surface area contributed by atoms with E-state index in [2.05, 4.69) is 0 Å². The van der Waals surface area contributed by atoms with Gasteiger partial charge in [-0.1, -0.05) is 0 Å². The Labute approximate surface area is 77.5 Å². The van der Waals surface area contributed by atoms with Crippen molar-refractivity contribution >= 4 is 26.1 Å². The minimum atomic E-state index is -2.11. The molecule has 0 N–H and O–H groups in total. The van der Waals surface area contributed by atoms with Gasteiger partial charge < -0.3 is 0 Å². The van der Waals surface area contributed by atoms with Gasteiger partial charge >= 0.3 is 77.1 Å². The van der Waals surface area contributed by atoms with E-state index in [1.165, 1.54) is 0 Å². The first-order chi connectivity index (χ1) is 5.46.